The van der Waals surface area contributed by atoms with E-state index in [2.05, 4.69) is 17.0 Å². The summed E-state index contributed by atoms with van der Waals surface area (Å²) in [6.45, 7) is 2.64. The monoisotopic (exact) mass is 385 g/mol. The third-order valence-electron chi connectivity index (χ3n) is 4.23. The van der Waals surface area contributed by atoms with Gasteiger partial charge in [-0.3, -0.25) is 4.79 Å². The standard InChI is InChI=1S/C20H23N3O3S/c1-2-16(17-7-4-3-5-8-17)15-22-20(24)18-9-11-19(12-10-18)27(25,26)23-14-6-13-21/h3-5,7-12,16,23H,2,6,14-15H2,1H3,(H,22,24). The third kappa shape index (κ3) is 5.91. The molecular formula is C20H23N3O3S. The molecule has 2 rings (SSSR count). The van der Waals surface area contributed by atoms with E-state index in [0.717, 1.165) is 6.42 Å². The summed E-state index contributed by atoms with van der Waals surface area (Å²) in [6.07, 6.45) is 0.996. The average Bonchev–Trinajstić information content (AvgIpc) is 2.69. The summed E-state index contributed by atoms with van der Waals surface area (Å²) in [5.74, 6) is -0.0232. The van der Waals surface area contributed by atoms with Crippen LogP contribution in [0.5, 0.6) is 0 Å². The second-order valence-corrected chi connectivity index (χ2v) is 7.82. The van der Waals surface area contributed by atoms with Crippen LogP contribution in [0, 0.1) is 11.3 Å². The van der Waals surface area contributed by atoms with Gasteiger partial charge in [0.2, 0.25) is 10.0 Å². The molecule has 7 heteroatoms. The maximum atomic E-state index is 12.4. The van der Waals surface area contributed by atoms with Crippen molar-refractivity contribution >= 4 is 15.9 Å². The Hall–Kier alpha value is -2.69. The van der Waals surface area contributed by atoms with Gasteiger partial charge in [0.1, 0.15) is 0 Å². The lowest BCUT2D eigenvalue weighted by molar-refractivity contribution is 0.0951. The maximum absolute atomic E-state index is 12.4. The first-order chi connectivity index (χ1) is 13.0. The Labute approximate surface area is 160 Å². The average molecular weight is 385 g/mol. The first-order valence-electron chi connectivity index (χ1n) is 8.77. The molecule has 1 amide bonds. The summed E-state index contributed by atoms with van der Waals surface area (Å²) in [5, 5.41) is 11.4. The lowest BCUT2D eigenvalue weighted by Gasteiger charge is -2.16. The van der Waals surface area contributed by atoms with E-state index in [1.807, 2.05) is 36.4 Å². The number of benzene rings is 2. The number of sulfonamides is 1. The van der Waals surface area contributed by atoms with Crippen molar-refractivity contribution in [3.05, 3.63) is 65.7 Å². The number of nitrogens with zero attached hydrogens (tertiary/aromatic N) is 1. The van der Waals surface area contributed by atoms with Gasteiger partial charge in [-0.25, -0.2) is 13.1 Å². The molecule has 2 aromatic rings. The molecule has 0 radical (unpaired) electrons. The molecule has 2 aromatic carbocycles. The topological polar surface area (TPSA) is 99.1 Å². The van der Waals surface area contributed by atoms with Crippen LogP contribution in [0.25, 0.3) is 0 Å². The molecule has 0 aliphatic heterocycles. The van der Waals surface area contributed by atoms with Crippen LogP contribution in [-0.2, 0) is 10.0 Å². The van der Waals surface area contributed by atoms with Crippen LogP contribution in [0.3, 0.4) is 0 Å². The van der Waals surface area contributed by atoms with Crippen LogP contribution < -0.4 is 10.0 Å². The molecule has 0 spiro atoms. The Bertz CT molecular complexity index is 888. The molecule has 6 nitrogen and oxygen atoms in total. The lowest BCUT2D eigenvalue weighted by atomic mass is 9.96. The molecular weight excluding hydrogens is 362 g/mol. The number of carbonyl (C=O) groups is 1. The van der Waals surface area contributed by atoms with Crippen LogP contribution in [0.2, 0.25) is 0 Å². The fourth-order valence-electron chi connectivity index (χ4n) is 2.65. The molecule has 0 saturated heterocycles. The van der Waals surface area contributed by atoms with E-state index in [1.165, 1.54) is 29.8 Å². The van der Waals surface area contributed by atoms with E-state index in [-0.39, 0.29) is 29.7 Å². The first-order valence-corrected chi connectivity index (χ1v) is 10.3. The Balaban J connectivity index is 1.98. The second-order valence-electron chi connectivity index (χ2n) is 6.06. The molecule has 2 N–H and O–H groups in total. The van der Waals surface area contributed by atoms with Crippen LogP contribution in [0.1, 0.15) is 41.6 Å². The number of carbonyl (C=O) groups excluding carboxylic acids is 1. The smallest absolute Gasteiger partial charge is 0.251 e. The quantitative estimate of drug-likeness (QED) is 0.648. The highest BCUT2D eigenvalue weighted by atomic mass is 32.2. The van der Waals surface area contributed by atoms with E-state index < -0.39 is 10.0 Å². The Morgan fingerprint density at radius 2 is 1.78 bits per heavy atom. The highest BCUT2D eigenvalue weighted by Crippen LogP contribution is 2.18. The molecule has 0 aliphatic rings. The van der Waals surface area contributed by atoms with Gasteiger partial charge in [0.25, 0.3) is 5.91 Å². The van der Waals surface area contributed by atoms with Gasteiger partial charge in [0, 0.05) is 31.0 Å². The van der Waals surface area contributed by atoms with Crippen LogP contribution >= 0.6 is 0 Å². The van der Waals surface area contributed by atoms with Gasteiger partial charge in [-0.2, -0.15) is 5.26 Å². The number of nitrogens with one attached hydrogen (secondary N) is 2. The molecule has 142 valence electrons. The summed E-state index contributed by atoms with van der Waals surface area (Å²) >= 11 is 0. The second kappa shape index (κ2) is 9.86. The first kappa shape index (κ1) is 20.6. The largest absolute Gasteiger partial charge is 0.351 e. The highest BCUT2D eigenvalue weighted by molar-refractivity contribution is 7.89. The molecule has 0 saturated carbocycles. The zero-order chi connectivity index (χ0) is 19.7. The van der Waals surface area contributed by atoms with Gasteiger partial charge in [-0.05, 0) is 36.2 Å². The molecule has 1 atom stereocenters. The van der Waals surface area contributed by atoms with Gasteiger partial charge in [0.05, 0.1) is 11.0 Å². The number of hydrogen-bond acceptors (Lipinski definition) is 4. The zero-order valence-corrected chi connectivity index (χ0v) is 16.0. The fourth-order valence-corrected chi connectivity index (χ4v) is 3.68. The molecule has 0 aliphatic carbocycles. The van der Waals surface area contributed by atoms with Crippen molar-refractivity contribution in [3.8, 4) is 6.07 Å². The normalized spacial score (nSPS) is 12.1. The Morgan fingerprint density at radius 1 is 1.11 bits per heavy atom. The van der Waals surface area contributed by atoms with E-state index in [1.54, 1.807) is 0 Å². The van der Waals surface area contributed by atoms with E-state index in [4.69, 9.17) is 5.26 Å². The van der Waals surface area contributed by atoms with Gasteiger partial charge in [0.15, 0.2) is 0 Å². The summed E-state index contributed by atoms with van der Waals surface area (Å²) in [7, 11) is -3.67. The summed E-state index contributed by atoms with van der Waals surface area (Å²) in [5.41, 5.74) is 1.57. The molecule has 0 bridgehead atoms. The van der Waals surface area contributed by atoms with Gasteiger partial charge in [-0.15, -0.1) is 0 Å². The van der Waals surface area contributed by atoms with Gasteiger partial charge < -0.3 is 5.32 Å². The molecule has 27 heavy (non-hydrogen) atoms. The molecule has 1 unspecified atom stereocenters. The maximum Gasteiger partial charge on any atom is 0.251 e. The Morgan fingerprint density at radius 3 is 2.37 bits per heavy atom. The predicted octanol–water partition coefficient (Wildman–Crippen LogP) is 2.80. The minimum absolute atomic E-state index is 0.0545. The lowest BCUT2D eigenvalue weighted by Crippen LogP contribution is -2.28. The predicted molar refractivity (Wildman–Crippen MR) is 104 cm³/mol. The fraction of sp³-hybridized carbons (Fsp3) is 0.300. The third-order valence-corrected chi connectivity index (χ3v) is 5.71. The van der Waals surface area contributed by atoms with Gasteiger partial charge >= 0.3 is 0 Å². The minimum atomic E-state index is -3.67. The van der Waals surface area contributed by atoms with Crippen LogP contribution in [-0.4, -0.2) is 27.4 Å². The van der Waals surface area contributed by atoms with Crippen LogP contribution in [0.15, 0.2) is 59.5 Å². The minimum Gasteiger partial charge on any atom is -0.351 e. The van der Waals surface area contributed by atoms with E-state index >= 15 is 0 Å². The van der Waals surface area contributed by atoms with Crippen molar-refractivity contribution in [2.75, 3.05) is 13.1 Å². The zero-order valence-electron chi connectivity index (χ0n) is 15.2. The number of hydrogen-bond donors (Lipinski definition) is 2. The Kier molecular flexibility index (Phi) is 7.53. The van der Waals surface area contributed by atoms with Gasteiger partial charge in [-0.1, -0.05) is 37.3 Å². The molecule has 0 heterocycles. The van der Waals surface area contributed by atoms with Crippen molar-refractivity contribution in [3.63, 3.8) is 0 Å². The van der Waals surface area contributed by atoms with Crippen molar-refractivity contribution in [1.29, 1.82) is 5.26 Å². The van der Waals surface area contributed by atoms with Crippen molar-refractivity contribution in [2.24, 2.45) is 0 Å². The SMILES string of the molecule is CCC(CNC(=O)c1ccc(S(=O)(=O)NCCC#N)cc1)c1ccccc1. The van der Waals surface area contributed by atoms with E-state index in [9.17, 15) is 13.2 Å². The van der Waals surface area contributed by atoms with Crippen LogP contribution in [0.4, 0.5) is 0 Å². The van der Waals surface area contributed by atoms with Crippen molar-refractivity contribution in [1.82, 2.24) is 10.0 Å². The summed E-state index contributed by atoms with van der Waals surface area (Å²) < 4.78 is 26.5. The number of rotatable bonds is 9. The van der Waals surface area contributed by atoms with E-state index in [0.29, 0.717) is 12.1 Å². The van der Waals surface area contributed by atoms with Crippen molar-refractivity contribution in [2.45, 2.75) is 30.6 Å². The van der Waals surface area contributed by atoms with Crippen molar-refractivity contribution < 1.29 is 13.2 Å². The summed E-state index contributed by atoms with van der Waals surface area (Å²) in [6, 6.07) is 17.6. The number of amides is 1. The molecule has 0 fully saturated rings. The summed E-state index contributed by atoms with van der Waals surface area (Å²) in [4.78, 5) is 12.4. The number of nitriles is 1. The molecule has 0 aromatic heterocycles. The highest BCUT2D eigenvalue weighted by Gasteiger charge is 2.15.